The second kappa shape index (κ2) is 9.97. The molecule has 0 nitrogen and oxygen atoms in total. The summed E-state index contributed by atoms with van der Waals surface area (Å²) >= 11 is 26.7. The van der Waals surface area contributed by atoms with Crippen LogP contribution in [0.4, 0.5) is 0 Å². The van der Waals surface area contributed by atoms with Crippen molar-refractivity contribution in [3.05, 3.63) is 0 Å². The Hall–Kier alpha value is 1.88. The third kappa shape index (κ3) is 24.5. The van der Waals surface area contributed by atoms with E-state index in [-0.39, 0.29) is 0 Å². The Balaban J connectivity index is 0. The summed E-state index contributed by atoms with van der Waals surface area (Å²) in [5.41, 5.74) is 0. The molecule has 0 saturated heterocycles. The minimum atomic E-state index is -1.82. The molecule has 0 spiro atoms. The summed E-state index contributed by atoms with van der Waals surface area (Å²) in [6.07, 6.45) is 0.942. The summed E-state index contributed by atoms with van der Waals surface area (Å²) in [6.45, 7) is 0.0872. The first-order valence-electron chi connectivity index (χ1n) is 3.03. The van der Waals surface area contributed by atoms with Crippen molar-refractivity contribution in [3.63, 3.8) is 0 Å². The molecule has 0 heterocycles. The van der Waals surface area contributed by atoms with Crippen LogP contribution in [0.2, 0.25) is 12.6 Å². The number of rotatable bonds is 3. The zero-order valence-electron chi connectivity index (χ0n) is 6.22. The predicted octanol–water partition coefficient (Wildman–Crippen LogP) is 3.63. The summed E-state index contributed by atoms with van der Waals surface area (Å²) in [5.74, 6) is 0.669. The van der Waals surface area contributed by atoms with E-state index in [9.17, 15) is 0 Å². The Morgan fingerprint density at radius 3 is 1.73 bits per heavy atom. The van der Waals surface area contributed by atoms with Crippen molar-refractivity contribution in [1.82, 2.24) is 0 Å². The molecule has 7 heteroatoms. The van der Waals surface area contributed by atoms with Crippen molar-refractivity contribution in [2.45, 2.75) is 19.0 Å². The van der Waals surface area contributed by atoms with E-state index in [4.69, 9.17) is 55.9 Å². The van der Waals surface area contributed by atoms with E-state index in [0.717, 1.165) is 12.5 Å². The maximum Gasteiger partial charge on any atom is 0.248 e. The molecule has 0 radical (unpaired) electrons. The van der Waals surface area contributed by atoms with Gasteiger partial charge in [0, 0.05) is 5.88 Å². The van der Waals surface area contributed by atoms with Crippen LogP contribution < -0.4 is 0 Å². The van der Waals surface area contributed by atoms with E-state index in [2.05, 4.69) is 0 Å². The van der Waals surface area contributed by atoms with Gasteiger partial charge in [-0.05, 0) is 19.0 Å². The van der Waals surface area contributed by atoms with Crippen LogP contribution in [0.5, 0.6) is 0 Å². The van der Waals surface area contributed by atoms with Gasteiger partial charge in [0.2, 0.25) is 14.8 Å². The van der Waals surface area contributed by atoms with Gasteiger partial charge in [-0.3, -0.25) is 0 Å². The number of halogens is 5. The molecule has 0 bridgehead atoms. The Labute approximate surface area is 95.1 Å². The predicted molar refractivity (Wildman–Crippen MR) is 63.7 cm³/mol. The van der Waals surface area contributed by atoms with Crippen molar-refractivity contribution in [2.75, 3.05) is 5.88 Å². The van der Waals surface area contributed by atoms with Gasteiger partial charge in [0.1, 0.15) is 0 Å². The Morgan fingerprint density at radius 2 is 1.64 bits per heavy atom. The van der Waals surface area contributed by atoms with Gasteiger partial charge in [-0.15, -0.1) is 33.8 Å². The van der Waals surface area contributed by atoms with Crippen LogP contribution in [0.3, 0.4) is 0 Å². The second-order valence-corrected chi connectivity index (χ2v) is 13.2. The molecule has 0 aliphatic heterocycles. The zero-order valence-corrected chi connectivity index (χ0v) is 12.4. The lowest BCUT2D eigenvalue weighted by Gasteiger charge is -2.06. The molecule has 11 heavy (non-hydrogen) atoms. The molecule has 0 aromatic rings. The molecule has 0 atom stereocenters. The Morgan fingerprint density at radius 1 is 1.27 bits per heavy atom. The highest BCUT2D eigenvalue weighted by Gasteiger charge is 2.18. The summed E-state index contributed by atoms with van der Waals surface area (Å²) in [7, 11) is -0.639. The normalized spacial score (nSPS) is 10.4. The molecule has 70 valence electrons. The highest BCUT2D eigenvalue weighted by Crippen LogP contribution is 2.21. The van der Waals surface area contributed by atoms with Gasteiger partial charge in [-0.25, -0.2) is 0 Å². The second-order valence-electron chi connectivity index (χ2n) is 1.96. The number of hydrogen-bond acceptors (Lipinski definition) is 0. The molecule has 0 fully saturated rings. The lowest BCUT2D eigenvalue weighted by Crippen LogP contribution is -2.11. The molecule has 0 rings (SSSR count). The van der Waals surface area contributed by atoms with Crippen LogP contribution >= 0.6 is 55.9 Å². The molecule has 0 aromatic heterocycles. The monoisotopic (exact) mass is 290 g/mol. The summed E-state index contributed by atoms with van der Waals surface area (Å²) in [6, 6.07) is 0.902. The molecule has 0 saturated carbocycles. The minimum absolute atomic E-state index is 0.639. The van der Waals surface area contributed by atoms with Crippen molar-refractivity contribution >= 4 is 70.7 Å². The fraction of sp³-hybridized carbons (Fsp3) is 1.00. The fourth-order valence-corrected chi connectivity index (χ4v) is 2.33. The molecule has 0 aromatic carbocycles. The number of alkyl halides is 1. The smallest absolute Gasteiger partial charge is 0.155 e. The average Bonchev–Trinajstić information content (AvgIpc) is 1.84. The summed E-state index contributed by atoms with van der Waals surface area (Å²) in [5, 5.41) is 0. The SMILES string of the molecule is C[Si](Cl)(Cl)CCCCl.Cl[SiH2]Cl. The van der Waals surface area contributed by atoms with Crippen LogP contribution in [0.15, 0.2) is 0 Å². The lowest BCUT2D eigenvalue weighted by molar-refractivity contribution is 1.08. The van der Waals surface area contributed by atoms with Crippen molar-refractivity contribution in [1.29, 1.82) is 0 Å². The molecule has 0 unspecified atom stereocenters. The molecular formula is C4H11Cl5Si2. The van der Waals surface area contributed by atoms with Gasteiger partial charge >= 0.3 is 0 Å². The van der Waals surface area contributed by atoms with E-state index >= 15 is 0 Å². The van der Waals surface area contributed by atoms with Gasteiger partial charge in [0.15, 0.2) is 0 Å². The van der Waals surface area contributed by atoms with Crippen molar-refractivity contribution < 1.29 is 0 Å². The fourth-order valence-electron chi connectivity index (χ4n) is 0.377. The molecule has 0 amide bonds. The van der Waals surface area contributed by atoms with Crippen molar-refractivity contribution in [2.24, 2.45) is 0 Å². The first kappa shape index (κ1) is 15.4. The Kier molecular flexibility index (Phi) is 13.9. The first-order valence-corrected chi connectivity index (χ1v) is 12.6. The van der Waals surface area contributed by atoms with Crippen LogP contribution in [0.25, 0.3) is 0 Å². The number of hydrogen-bond donors (Lipinski definition) is 0. The van der Waals surface area contributed by atoms with E-state index in [0.29, 0.717) is 5.88 Å². The Bertz CT molecular complexity index is 73.4. The van der Waals surface area contributed by atoms with Crippen LogP contribution in [-0.2, 0) is 0 Å². The maximum absolute atomic E-state index is 5.76. The van der Waals surface area contributed by atoms with Gasteiger partial charge in [-0.1, -0.05) is 0 Å². The van der Waals surface area contributed by atoms with E-state index < -0.39 is 14.8 Å². The molecular weight excluding hydrogens is 281 g/mol. The standard InChI is InChI=1S/C4H9Cl3Si.Cl2H2Si/c1-8(6,7)4-2-3-5;1-3-2/h2-4H2,1H3;3H2. The highest BCUT2D eigenvalue weighted by atomic mass is 35.7. The minimum Gasteiger partial charge on any atom is -0.155 e. The van der Waals surface area contributed by atoms with Crippen LogP contribution in [0.1, 0.15) is 6.42 Å². The molecule has 0 N–H and O–H groups in total. The summed E-state index contributed by atoms with van der Waals surface area (Å²) in [4.78, 5) is 0. The van der Waals surface area contributed by atoms with E-state index in [1.165, 1.54) is 0 Å². The molecule has 0 aliphatic carbocycles. The first-order chi connectivity index (χ1) is 4.97. The van der Waals surface area contributed by atoms with Gasteiger partial charge in [0.05, 0.1) is 0 Å². The van der Waals surface area contributed by atoms with Gasteiger partial charge in [-0.2, -0.15) is 22.2 Å². The van der Waals surface area contributed by atoms with Crippen LogP contribution in [0, 0.1) is 0 Å². The third-order valence-electron chi connectivity index (χ3n) is 0.749. The summed E-state index contributed by atoms with van der Waals surface area (Å²) < 4.78 is 0. The van der Waals surface area contributed by atoms with Crippen LogP contribution in [-0.4, -0.2) is 20.7 Å². The highest BCUT2D eigenvalue weighted by molar-refractivity contribution is 7.44. The van der Waals surface area contributed by atoms with E-state index in [1.807, 2.05) is 6.55 Å². The average molecular weight is 293 g/mol. The quantitative estimate of drug-likeness (QED) is 0.423. The van der Waals surface area contributed by atoms with Crippen molar-refractivity contribution in [3.8, 4) is 0 Å². The lowest BCUT2D eigenvalue weighted by atomic mass is 10.6. The zero-order chi connectivity index (χ0) is 9.33. The van der Waals surface area contributed by atoms with Gasteiger partial charge < -0.3 is 0 Å². The van der Waals surface area contributed by atoms with Gasteiger partial charge in [0.25, 0.3) is 0 Å². The topological polar surface area (TPSA) is 0 Å². The molecule has 0 aliphatic rings. The van der Waals surface area contributed by atoms with E-state index in [1.54, 1.807) is 0 Å². The third-order valence-corrected chi connectivity index (χ3v) is 3.38. The maximum atomic E-state index is 5.76. The largest absolute Gasteiger partial charge is 0.248 e.